The van der Waals surface area contributed by atoms with Gasteiger partial charge in [0, 0.05) is 37.4 Å². The van der Waals surface area contributed by atoms with Crippen molar-refractivity contribution in [1.82, 2.24) is 29.5 Å². The smallest absolute Gasteiger partial charge is 0.272 e. The number of nitrogens with zero attached hydrogens (tertiary/aromatic N) is 5. The largest absolute Gasteiger partial charge is 0.393 e. The summed E-state index contributed by atoms with van der Waals surface area (Å²) in [5, 5.41) is 16.8. The Morgan fingerprint density at radius 2 is 2.25 bits per heavy atom. The summed E-state index contributed by atoms with van der Waals surface area (Å²) in [7, 11) is 1.84. The van der Waals surface area contributed by atoms with Crippen LogP contribution in [0.25, 0.3) is 5.78 Å². The minimum Gasteiger partial charge on any atom is -0.393 e. The molecule has 0 bridgehead atoms. The Morgan fingerprint density at radius 3 is 2.92 bits per heavy atom. The number of fused-ring (bicyclic) bond motifs is 1. The van der Waals surface area contributed by atoms with Crippen LogP contribution in [0.3, 0.4) is 0 Å². The number of nitrogens with one attached hydrogen (secondary N) is 1. The predicted molar refractivity (Wildman–Crippen MR) is 85.1 cm³/mol. The first-order chi connectivity index (χ1) is 11.6. The van der Waals surface area contributed by atoms with E-state index in [2.05, 4.69) is 20.4 Å². The second kappa shape index (κ2) is 5.72. The van der Waals surface area contributed by atoms with E-state index < -0.39 is 0 Å². The molecule has 0 aromatic carbocycles. The molecule has 1 aliphatic rings. The number of aliphatic hydroxyl groups is 1. The Morgan fingerprint density at radius 1 is 1.42 bits per heavy atom. The number of hydrogen-bond donors (Lipinski definition) is 2. The van der Waals surface area contributed by atoms with Crippen LogP contribution in [0.1, 0.15) is 34.9 Å². The standard InChI is InChI=1S/C16H18N6O2/c1-21-8-11(7-18-21)14(10-5-12(23)6-10)20-15(24)13-9-22-4-2-3-17-16(22)19-13/h2-4,7-10,12,14,23H,5-6H2,1H3,(H,20,24)/t10?,12?,14-/m0/s1. The number of amides is 1. The zero-order valence-electron chi connectivity index (χ0n) is 13.2. The number of imidazole rings is 1. The van der Waals surface area contributed by atoms with Crippen LogP contribution in [0.5, 0.6) is 0 Å². The van der Waals surface area contributed by atoms with E-state index in [4.69, 9.17) is 0 Å². The average Bonchev–Trinajstić information content (AvgIpc) is 3.15. The summed E-state index contributed by atoms with van der Waals surface area (Å²) < 4.78 is 3.42. The summed E-state index contributed by atoms with van der Waals surface area (Å²) in [6, 6.07) is 1.59. The first-order valence-corrected chi connectivity index (χ1v) is 7.87. The molecule has 4 rings (SSSR count). The van der Waals surface area contributed by atoms with Gasteiger partial charge in [-0.25, -0.2) is 9.97 Å². The molecular formula is C16H18N6O2. The molecule has 0 saturated heterocycles. The molecule has 1 saturated carbocycles. The molecule has 2 N–H and O–H groups in total. The molecule has 124 valence electrons. The van der Waals surface area contributed by atoms with Crippen molar-refractivity contribution in [2.45, 2.75) is 25.0 Å². The van der Waals surface area contributed by atoms with Gasteiger partial charge in [-0.1, -0.05) is 0 Å². The van der Waals surface area contributed by atoms with Crippen LogP contribution >= 0.6 is 0 Å². The van der Waals surface area contributed by atoms with Crippen molar-refractivity contribution >= 4 is 11.7 Å². The Hall–Kier alpha value is -2.74. The van der Waals surface area contributed by atoms with Crippen LogP contribution < -0.4 is 5.32 Å². The monoisotopic (exact) mass is 326 g/mol. The van der Waals surface area contributed by atoms with Crippen molar-refractivity contribution < 1.29 is 9.90 Å². The second-order valence-corrected chi connectivity index (χ2v) is 6.24. The topological polar surface area (TPSA) is 97.3 Å². The van der Waals surface area contributed by atoms with Gasteiger partial charge in [0.25, 0.3) is 5.91 Å². The third-order valence-corrected chi connectivity index (χ3v) is 4.46. The maximum atomic E-state index is 12.6. The summed E-state index contributed by atoms with van der Waals surface area (Å²) in [5.41, 5.74) is 1.26. The summed E-state index contributed by atoms with van der Waals surface area (Å²) in [6.45, 7) is 0. The number of aliphatic hydroxyl groups excluding tert-OH is 1. The fourth-order valence-electron chi connectivity index (χ4n) is 3.13. The van der Waals surface area contributed by atoms with Crippen molar-refractivity contribution in [3.8, 4) is 0 Å². The molecule has 3 aromatic heterocycles. The quantitative estimate of drug-likeness (QED) is 0.736. The van der Waals surface area contributed by atoms with E-state index in [-0.39, 0.29) is 24.0 Å². The lowest BCUT2D eigenvalue weighted by Gasteiger charge is -2.37. The lowest BCUT2D eigenvalue weighted by molar-refractivity contribution is 0.0234. The average molecular weight is 326 g/mol. The van der Waals surface area contributed by atoms with Crippen molar-refractivity contribution in [2.24, 2.45) is 13.0 Å². The molecule has 1 amide bonds. The van der Waals surface area contributed by atoms with E-state index in [9.17, 15) is 9.90 Å². The van der Waals surface area contributed by atoms with Crippen molar-refractivity contribution in [3.05, 3.63) is 48.3 Å². The third-order valence-electron chi connectivity index (χ3n) is 4.46. The maximum Gasteiger partial charge on any atom is 0.272 e. The molecule has 1 fully saturated rings. The molecular weight excluding hydrogens is 308 g/mol. The van der Waals surface area contributed by atoms with E-state index >= 15 is 0 Å². The van der Waals surface area contributed by atoms with Gasteiger partial charge < -0.3 is 10.4 Å². The van der Waals surface area contributed by atoms with Gasteiger partial charge >= 0.3 is 0 Å². The maximum absolute atomic E-state index is 12.6. The number of hydrogen-bond acceptors (Lipinski definition) is 5. The molecule has 3 heterocycles. The van der Waals surface area contributed by atoms with Crippen molar-refractivity contribution in [3.63, 3.8) is 0 Å². The van der Waals surface area contributed by atoms with Gasteiger partial charge in [0.15, 0.2) is 0 Å². The van der Waals surface area contributed by atoms with Gasteiger partial charge in [0.05, 0.1) is 18.3 Å². The van der Waals surface area contributed by atoms with E-state index in [1.54, 1.807) is 39.9 Å². The third kappa shape index (κ3) is 2.65. The summed E-state index contributed by atoms with van der Waals surface area (Å²) in [6.07, 6.45) is 9.80. The first kappa shape index (κ1) is 14.8. The molecule has 0 radical (unpaired) electrons. The van der Waals surface area contributed by atoms with Crippen LogP contribution in [0.4, 0.5) is 0 Å². The van der Waals surface area contributed by atoms with Crippen LogP contribution in [-0.2, 0) is 7.05 Å². The van der Waals surface area contributed by atoms with E-state index in [1.807, 2.05) is 13.2 Å². The zero-order chi connectivity index (χ0) is 16.7. The molecule has 3 aromatic rings. The lowest BCUT2D eigenvalue weighted by Crippen LogP contribution is -2.41. The minimum atomic E-state index is -0.287. The Balaban J connectivity index is 1.58. The number of rotatable bonds is 4. The molecule has 0 spiro atoms. The van der Waals surface area contributed by atoms with Crippen LogP contribution in [0, 0.1) is 5.92 Å². The summed E-state index contributed by atoms with van der Waals surface area (Å²) >= 11 is 0. The number of carbonyl (C=O) groups is 1. The molecule has 24 heavy (non-hydrogen) atoms. The van der Waals surface area contributed by atoms with E-state index in [0.717, 1.165) is 5.56 Å². The van der Waals surface area contributed by atoms with Crippen molar-refractivity contribution in [2.75, 3.05) is 0 Å². The van der Waals surface area contributed by atoms with E-state index in [0.29, 0.717) is 24.3 Å². The summed E-state index contributed by atoms with van der Waals surface area (Å²) in [5.74, 6) is 0.429. The van der Waals surface area contributed by atoms with E-state index in [1.165, 1.54) is 0 Å². The lowest BCUT2D eigenvalue weighted by atomic mass is 9.75. The Kier molecular flexibility index (Phi) is 3.53. The molecule has 8 heteroatoms. The highest BCUT2D eigenvalue weighted by atomic mass is 16.3. The van der Waals surface area contributed by atoms with Crippen LogP contribution in [0.2, 0.25) is 0 Å². The van der Waals surface area contributed by atoms with Gasteiger partial charge in [-0.3, -0.25) is 13.9 Å². The van der Waals surface area contributed by atoms with Crippen molar-refractivity contribution in [1.29, 1.82) is 0 Å². The second-order valence-electron chi connectivity index (χ2n) is 6.24. The fourth-order valence-corrected chi connectivity index (χ4v) is 3.13. The number of carbonyl (C=O) groups excluding carboxylic acids is 1. The first-order valence-electron chi connectivity index (χ1n) is 7.87. The Bertz CT molecular complexity index is 846. The number of aromatic nitrogens is 5. The van der Waals surface area contributed by atoms with Gasteiger partial charge in [-0.15, -0.1) is 0 Å². The molecule has 1 atom stereocenters. The predicted octanol–water partition coefficient (Wildman–Crippen LogP) is 0.705. The highest BCUT2D eigenvalue weighted by molar-refractivity contribution is 5.93. The van der Waals surface area contributed by atoms with Gasteiger partial charge in [-0.2, -0.15) is 5.10 Å². The SMILES string of the molecule is Cn1cc([C@@H](NC(=O)c2cn3cccnc3n2)C2CC(O)C2)cn1. The van der Waals surface area contributed by atoms with Crippen LogP contribution in [0.15, 0.2) is 37.1 Å². The van der Waals surface area contributed by atoms with Crippen LogP contribution in [-0.4, -0.2) is 41.3 Å². The fraction of sp³-hybridized carbons (Fsp3) is 0.375. The van der Waals surface area contributed by atoms with Gasteiger partial charge in [0.1, 0.15) is 5.69 Å². The molecule has 0 aliphatic heterocycles. The zero-order valence-corrected chi connectivity index (χ0v) is 13.2. The molecule has 0 unspecified atom stereocenters. The van der Waals surface area contributed by atoms with Gasteiger partial charge in [-0.05, 0) is 24.8 Å². The molecule has 8 nitrogen and oxygen atoms in total. The minimum absolute atomic E-state index is 0.188. The number of aryl methyl sites for hydroxylation is 1. The highest BCUT2D eigenvalue weighted by Gasteiger charge is 2.36. The Labute approximate surface area is 138 Å². The molecule has 1 aliphatic carbocycles. The van der Waals surface area contributed by atoms with Gasteiger partial charge in [0.2, 0.25) is 5.78 Å². The highest BCUT2D eigenvalue weighted by Crippen LogP contribution is 2.38. The summed E-state index contributed by atoms with van der Waals surface area (Å²) in [4.78, 5) is 21.0. The normalized spacial score (nSPS) is 21.4.